The first-order valence-electron chi connectivity index (χ1n) is 8.59. The molecular formula is C21H17N3O3. The summed E-state index contributed by atoms with van der Waals surface area (Å²) in [7, 11) is 1.46. The largest absolute Gasteiger partial charge is 0.504 e. The number of phenolic OH excluding ortho intramolecular Hbond substituents is 2. The number of benzene rings is 2. The van der Waals surface area contributed by atoms with E-state index in [1.165, 1.54) is 7.11 Å². The lowest BCUT2D eigenvalue weighted by atomic mass is 9.96. The molecule has 0 spiro atoms. The van der Waals surface area contributed by atoms with E-state index in [2.05, 4.69) is 21.4 Å². The topological polar surface area (TPSA) is 90.4 Å². The van der Waals surface area contributed by atoms with Crippen LogP contribution in [0.5, 0.6) is 17.2 Å². The molecule has 0 radical (unpaired) electrons. The zero-order chi connectivity index (χ0) is 18.5. The molecule has 2 aromatic carbocycles. The summed E-state index contributed by atoms with van der Waals surface area (Å²) in [5, 5.41) is 24.8. The van der Waals surface area contributed by atoms with E-state index in [4.69, 9.17) is 4.74 Å². The third-order valence-electron chi connectivity index (χ3n) is 5.06. The molecular weight excluding hydrogens is 342 g/mol. The Bertz CT molecular complexity index is 1180. The second-order valence-corrected chi connectivity index (χ2v) is 6.54. The Kier molecular flexibility index (Phi) is 3.27. The van der Waals surface area contributed by atoms with Gasteiger partial charge in [0.2, 0.25) is 5.75 Å². The number of para-hydroxylation sites is 1. The number of hydrogen-bond acceptors (Lipinski definition) is 5. The number of H-pyrrole nitrogens is 1. The molecule has 27 heavy (non-hydrogen) atoms. The summed E-state index contributed by atoms with van der Waals surface area (Å²) >= 11 is 0. The molecule has 2 aromatic heterocycles. The Labute approximate surface area is 155 Å². The number of nitrogens with zero attached hydrogens (tertiary/aromatic N) is 1. The maximum absolute atomic E-state index is 10.2. The fourth-order valence-corrected chi connectivity index (χ4v) is 3.81. The fourth-order valence-electron chi connectivity index (χ4n) is 3.81. The first-order valence-corrected chi connectivity index (χ1v) is 8.59. The van der Waals surface area contributed by atoms with Gasteiger partial charge in [0.05, 0.1) is 13.2 Å². The Hall–Kier alpha value is -3.67. The normalized spacial score (nSPS) is 15.1. The summed E-state index contributed by atoms with van der Waals surface area (Å²) in [5.74, 6) is -0.263. The van der Waals surface area contributed by atoms with E-state index in [9.17, 15) is 10.2 Å². The van der Waals surface area contributed by atoms with Crippen molar-refractivity contribution in [2.24, 2.45) is 0 Å². The molecule has 6 heteroatoms. The van der Waals surface area contributed by atoms with E-state index in [1.54, 1.807) is 18.3 Å². The molecule has 4 aromatic rings. The maximum atomic E-state index is 10.2. The number of anilines is 1. The minimum Gasteiger partial charge on any atom is -0.504 e. The lowest BCUT2D eigenvalue weighted by Gasteiger charge is -2.20. The van der Waals surface area contributed by atoms with Crippen LogP contribution in [0.2, 0.25) is 0 Å². The Balaban J connectivity index is 1.81. The lowest BCUT2D eigenvalue weighted by molar-refractivity contribution is 0.350. The number of aromatic nitrogens is 2. The van der Waals surface area contributed by atoms with Gasteiger partial charge in [-0.3, -0.25) is 0 Å². The highest BCUT2D eigenvalue weighted by Gasteiger charge is 2.27. The van der Waals surface area contributed by atoms with Crippen LogP contribution in [0.25, 0.3) is 22.2 Å². The number of nitrogens with one attached hydrogen (secondary N) is 2. The van der Waals surface area contributed by atoms with Crippen LogP contribution in [0.4, 0.5) is 5.69 Å². The highest BCUT2D eigenvalue weighted by molar-refractivity contribution is 6.01. The highest BCUT2D eigenvalue weighted by Crippen LogP contribution is 2.46. The van der Waals surface area contributed by atoms with Gasteiger partial charge < -0.3 is 25.3 Å². The molecule has 134 valence electrons. The molecule has 1 aliphatic rings. The molecule has 4 N–H and O–H groups in total. The van der Waals surface area contributed by atoms with Crippen LogP contribution in [0.3, 0.4) is 0 Å². The van der Waals surface area contributed by atoms with Gasteiger partial charge in [0.25, 0.3) is 0 Å². The number of fused-ring (bicyclic) bond motifs is 2. The van der Waals surface area contributed by atoms with Gasteiger partial charge in [0.1, 0.15) is 5.65 Å². The zero-order valence-corrected chi connectivity index (χ0v) is 14.5. The van der Waals surface area contributed by atoms with Crippen molar-refractivity contribution in [2.75, 3.05) is 12.4 Å². The van der Waals surface area contributed by atoms with Gasteiger partial charge in [0, 0.05) is 34.6 Å². The number of pyridine rings is 1. The zero-order valence-electron chi connectivity index (χ0n) is 14.5. The summed E-state index contributed by atoms with van der Waals surface area (Å²) in [4.78, 5) is 7.69. The third kappa shape index (κ3) is 2.23. The van der Waals surface area contributed by atoms with Crippen LogP contribution in [0.15, 0.2) is 54.9 Å². The van der Waals surface area contributed by atoms with Gasteiger partial charge >= 0.3 is 0 Å². The number of methoxy groups -OCH3 is 1. The van der Waals surface area contributed by atoms with Gasteiger partial charge in [-0.1, -0.05) is 18.2 Å². The quantitative estimate of drug-likeness (QED) is 0.403. The van der Waals surface area contributed by atoms with Gasteiger partial charge in [-0.15, -0.1) is 0 Å². The summed E-state index contributed by atoms with van der Waals surface area (Å²) in [6.45, 7) is 0. The molecule has 5 rings (SSSR count). The van der Waals surface area contributed by atoms with E-state index in [1.807, 2.05) is 30.5 Å². The second kappa shape index (κ2) is 5.67. The molecule has 0 aliphatic carbocycles. The molecule has 3 heterocycles. The number of ether oxygens (including phenoxy) is 1. The van der Waals surface area contributed by atoms with Crippen molar-refractivity contribution in [3.8, 4) is 28.4 Å². The summed E-state index contributed by atoms with van der Waals surface area (Å²) in [6, 6.07) is 13.1. The maximum Gasteiger partial charge on any atom is 0.200 e. The van der Waals surface area contributed by atoms with E-state index in [0.717, 1.165) is 39.0 Å². The van der Waals surface area contributed by atoms with Crippen molar-refractivity contribution >= 4 is 16.7 Å². The van der Waals surface area contributed by atoms with Crippen LogP contribution >= 0.6 is 0 Å². The van der Waals surface area contributed by atoms with Gasteiger partial charge in [0.15, 0.2) is 11.5 Å². The predicted octanol–water partition coefficient (Wildman–Crippen LogP) is 4.16. The third-order valence-corrected chi connectivity index (χ3v) is 5.06. The lowest BCUT2D eigenvalue weighted by Crippen LogP contribution is -2.11. The molecule has 1 unspecified atom stereocenters. The minimum atomic E-state index is -0.267. The van der Waals surface area contributed by atoms with Crippen LogP contribution in [0, 0.1) is 0 Å². The van der Waals surface area contributed by atoms with Crippen LogP contribution in [0.1, 0.15) is 17.2 Å². The summed E-state index contributed by atoms with van der Waals surface area (Å²) in [5.41, 5.74) is 5.75. The van der Waals surface area contributed by atoms with Crippen LogP contribution < -0.4 is 10.1 Å². The molecule has 0 amide bonds. The fraction of sp³-hybridized carbons (Fsp3) is 0.0952. The Morgan fingerprint density at radius 2 is 1.93 bits per heavy atom. The molecule has 1 atom stereocenters. The van der Waals surface area contributed by atoms with E-state index < -0.39 is 0 Å². The molecule has 0 saturated carbocycles. The van der Waals surface area contributed by atoms with Gasteiger partial charge in [-0.25, -0.2) is 4.98 Å². The van der Waals surface area contributed by atoms with E-state index >= 15 is 0 Å². The summed E-state index contributed by atoms with van der Waals surface area (Å²) < 4.78 is 5.22. The van der Waals surface area contributed by atoms with Crippen molar-refractivity contribution in [2.45, 2.75) is 6.04 Å². The van der Waals surface area contributed by atoms with Crippen LogP contribution in [-0.2, 0) is 0 Å². The SMILES string of the molecule is COc1cc(C2Nc3ccccc3-c3ccnc4[nH]cc2c34)cc(O)c1O. The Morgan fingerprint density at radius 1 is 1.07 bits per heavy atom. The average molecular weight is 359 g/mol. The van der Waals surface area contributed by atoms with Crippen molar-refractivity contribution in [3.05, 3.63) is 66.0 Å². The second-order valence-electron chi connectivity index (χ2n) is 6.54. The minimum absolute atomic E-state index is 0.220. The molecule has 0 fully saturated rings. The first kappa shape index (κ1) is 15.6. The molecule has 0 bridgehead atoms. The monoisotopic (exact) mass is 359 g/mol. The molecule has 1 aliphatic heterocycles. The first-order chi connectivity index (χ1) is 13.2. The standard InChI is InChI=1S/C21H17N3O3/c1-27-17-9-11(8-16(25)20(17)26)19-14-10-23-21-18(14)13(6-7-22-21)12-4-2-3-5-15(12)24-19/h2-10,19,24-26H,1H3,(H,22,23). The van der Waals surface area contributed by atoms with E-state index in [-0.39, 0.29) is 23.3 Å². The van der Waals surface area contributed by atoms with Gasteiger partial charge in [-0.05, 0) is 35.4 Å². The number of aromatic hydroxyl groups is 2. The van der Waals surface area contributed by atoms with E-state index in [0.29, 0.717) is 0 Å². The van der Waals surface area contributed by atoms with Crippen molar-refractivity contribution in [3.63, 3.8) is 0 Å². The smallest absolute Gasteiger partial charge is 0.200 e. The molecule has 0 saturated heterocycles. The van der Waals surface area contributed by atoms with Crippen molar-refractivity contribution in [1.29, 1.82) is 0 Å². The predicted molar refractivity (Wildman–Crippen MR) is 103 cm³/mol. The number of hydrogen-bond donors (Lipinski definition) is 4. The number of phenols is 2. The summed E-state index contributed by atoms with van der Waals surface area (Å²) in [6.07, 6.45) is 3.73. The molecule has 6 nitrogen and oxygen atoms in total. The number of aromatic amines is 1. The number of rotatable bonds is 2. The Morgan fingerprint density at radius 3 is 2.78 bits per heavy atom. The van der Waals surface area contributed by atoms with Crippen LogP contribution in [-0.4, -0.2) is 27.3 Å². The van der Waals surface area contributed by atoms with Crippen molar-refractivity contribution < 1.29 is 14.9 Å². The average Bonchev–Trinajstić information content (AvgIpc) is 3.06. The van der Waals surface area contributed by atoms with Gasteiger partial charge in [-0.2, -0.15) is 0 Å². The van der Waals surface area contributed by atoms with Crippen molar-refractivity contribution in [1.82, 2.24) is 9.97 Å². The highest BCUT2D eigenvalue weighted by atomic mass is 16.5.